The van der Waals surface area contributed by atoms with E-state index in [0.717, 1.165) is 34.2 Å². The maximum Gasteiger partial charge on any atom is 0.126 e. The summed E-state index contributed by atoms with van der Waals surface area (Å²) in [7, 11) is 0. The third-order valence-corrected chi connectivity index (χ3v) is 7.19. The lowest BCUT2D eigenvalue weighted by Crippen LogP contribution is -2.20. The van der Waals surface area contributed by atoms with E-state index in [-0.39, 0.29) is 23.0 Å². The molecule has 4 rings (SSSR count). The van der Waals surface area contributed by atoms with E-state index in [9.17, 15) is 9.50 Å². The molecule has 29 heavy (non-hydrogen) atoms. The number of alkyl halides is 1. The number of halogens is 3. The van der Waals surface area contributed by atoms with Crippen molar-refractivity contribution in [1.82, 2.24) is 0 Å². The average molecular weight is 431 g/mol. The van der Waals surface area contributed by atoms with Crippen molar-refractivity contribution in [2.75, 3.05) is 0 Å². The molecule has 0 radical (unpaired) electrons. The van der Waals surface area contributed by atoms with Crippen molar-refractivity contribution < 1.29 is 9.50 Å². The van der Waals surface area contributed by atoms with Crippen molar-refractivity contribution >= 4 is 34.0 Å². The number of benzene rings is 3. The molecule has 0 bridgehead atoms. The van der Waals surface area contributed by atoms with Crippen molar-refractivity contribution in [3.05, 3.63) is 82.1 Å². The SMILES string of the molecule is CCc1ccc([C@H]2C(O)CC(Cl)[C@@H]2CCc2ccc(Cl)c3ccccc23)cc1F. The van der Waals surface area contributed by atoms with Crippen molar-refractivity contribution in [3.63, 3.8) is 0 Å². The summed E-state index contributed by atoms with van der Waals surface area (Å²) in [5.74, 6) is -0.248. The fourth-order valence-electron chi connectivity index (χ4n) is 4.81. The van der Waals surface area contributed by atoms with Crippen LogP contribution in [-0.4, -0.2) is 16.6 Å². The van der Waals surface area contributed by atoms with Gasteiger partial charge in [0.05, 0.1) is 6.10 Å². The molecule has 0 heterocycles. The molecule has 4 heteroatoms. The van der Waals surface area contributed by atoms with Crippen LogP contribution in [0.15, 0.2) is 54.6 Å². The monoisotopic (exact) mass is 430 g/mol. The summed E-state index contributed by atoms with van der Waals surface area (Å²) in [4.78, 5) is 0. The first-order valence-electron chi connectivity index (χ1n) is 10.3. The van der Waals surface area contributed by atoms with Gasteiger partial charge in [-0.15, -0.1) is 11.6 Å². The summed E-state index contributed by atoms with van der Waals surface area (Å²) >= 11 is 13.0. The van der Waals surface area contributed by atoms with Crippen LogP contribution >= 0.6 is 23.2 Å². The normalized spacial score (nSPS) is 24.3. The Bertz CT molecular complexity index is 1020. The van der Waals surface area contributed by atoms with Gasteiger partial charge in [-0.2, -0.15) is 0 Å². The van der Waals surface area contributed by atoms with Crippen LogP contribution in [0.1, 0.15) is 42.4 Å². The number of hydrogen-bond acceptors (Lipinski definition) is 1. The summed E-state index contributed by atoms with van der Waals surface area (Å²) in [6, 6.07) is 17.5. The highest BCUT2D eigenvalue weighted by molar-refractivity contribution is 6.35. The highest BCUT2D eigenvalue weighted by atomic mass is 35.5. The van der Waals surface area contributed by atoms with Crippen molar-refractivity contribution in [1.29, 1.82) is 0 Å². The molecule has 1 saturated carbocycles. The molecule has 0 spiro atoms. The van der Waals surface area contributed by atoms with Gasteiger partial charge in [0.2, 0.25) is 0 Å². The second-order valence-electron chi connectivity index (χ2n) is 8.00. The Labute approximate surface area is 181 Å². The van der Waals surface area contributed by atoms with Crippen molar-refractivity contribution in [2.24, 2.45) is 5.92 Å². The van der Waals surface area contributed by atoms with E-state index in [1.165, 1.54) is 5.56 Å². The molecule has 1 aliphatic rings. The number of hydrogen-bond donors (Lipinski definition) is 1. The van der Waals surface area contributed by atoms with Gasteiger partial charge in [0.25, 0.3) is 0 Å². The highest BCUT2D eigenvalue weighted by Crippen LogP contribution is 2.45. The van der Waals surface area contributed by atoms with Crippen LogP contribution in [0.4, 0.5) is 4.39 Å². The van der Waals surface area contributed by atoms with Gasteiger partial charge in [-0.1, -0.05) is 61.0 Å². The Hall–Kier alpha value is -1.61. The molecule has 0 aromatic heterocycles. The van der Waals surface area contributed by atoms with E-state index in [4.69, 9.17) is 23.2 Å². The molecular formula is C25H25Cl2FO. The van der Waals surface area contributed by atoms with Gasteiger partial charge in [-0.25, -0.2) is 4.39 Å². The number of aryl methyl sites for hydroxylation is 2. The fourth-order valence-corrected chi connectivity index (χ4v) is 5.51. The molecule has 1 aliphatic carbocycles. The van der Waals surface area contributed by atoms with E-state index in [2.05, 4.69) is 12.1 Å². The molecule has 4 atom stereocenters. The largest absolute Gasteiger partial charge is 0.392 e. The minimum Gasteiger partial charge on any atom is -0.392 e. The lowest BCUT2D eigenvalue weighted by atomic mass is 9.83. The lowest BCUT2D eigenvalue weighted by molar-refractivity contribution is 0.153. The standard InChI is InChI=1S/C25H25Cl2FO/c1-2-15-7-8-17(13-23(15)28)25-20(22(27)14-24(25)29)11-9-16-10-12-21(26)19-6-4-3-5-18(16)19/h3-8,10,12-13,20,22,24-25,29H,2,9,11,14H2,1H3/t20-,22?,24?,25+/m0/s1. The summed E-state index contributed by atoms with van der Waals surface area (Å²) in [6.07, 6.45) is 2.32. The van der Waals surface area contributed by atoms with Crippen LogP contribution in [-0.2, 0) is 12.8 Å². The highest BCUT2D eigenvalue weighted by Gasteiger charge is 2.42. The molecule has 1 fully saturated rings. The van der Waals surface area contributed by atoms with Crippen LogP contribution in [0.2, 0.25) is 5.02 Å². The van der Waals surface area contributed by atoms with Crippen LogP contribution in [0.25, 0.3) is 10.8 Å². The third-order valence-electron chi connectivity index (χ3n) is 6.36. The number of fused-ring (bicyclic) bond motifs is 1. The second-order valence-corrected chi connectivity index (χ2v) is 8.97. The van der Waals surface area contributed by atoms with Gasteiger partial charge in [0.1, 0.15) is 5.82 Å². The topological polar surface area (TPSA) is 20.2 Å². The van der Waals surface area contributed by atoms with Gasteiger partial charge in [0.15, 0.2) is 0 Å². The summed E-state index contributed by atoms with van der Waals surface area (Å²) in [6.45, 7) is 1.94. The Balaban J connectivity index is 1.60. The molecule has 3 aromatic rings. The number of rotatable bonds is 5. The molecule has 0 saturated heterocycles. The van der Waals surface area contributed by atoms with Crippen molar-refractivity contribution in [2.45, 2.75) is 50.0 Å². The zero-order valence-electron chi connectivity index (χ0n) is 16.4. The maximum atomic E-state index is 14.4. The van der Waals surface area contributed by atoms with Crippen LogP contribution in [0.5, 0.6) is 0 Å². The first-order valence-corrected chi connectivity index (χ1v) is 11.1. The molecule has 1 nitrogen and oxygen atoms in total. The Morgan fingerprint density at radius 2 is 1.76 bits per heavy atom. The second kappa shape index (κ2) is 8.63. The van der Waals surface area contributed by atoms with Gasteiger partial charge in [0, 0.05) is 21.7 Å². The van der Waals surface area contributed by atoms with Crippen LogP contribution < -0.4 is 0 Å². The number of aliphatic hydroxyl groups excluding tert-OH is 1. The van der Waals surface area contributed by atoms with Crippen LogP contribution in [0, 0.1) is 11.7 Å². The molecular weight excluding hydrogens is 406 g/mol. The maximum absolute atomic E-state index is 14.4. The van der Waals surface area contributed by atoms with E-state index in [1.807, 2.05) is 43.3 Å². The smallest absolute Gasteiger partial charge is 0.126 e. The predicted molar refractivity (Wildman–Crippen MR) is 120 cm³/mol. The average Bonchev–Trinajstić information content (AvgIpc) is 3.00. The molecule has 0 aliphatic heterocycles. The number of aliphatic hydroxyl groups is 1. The first-order chi connectivity index (χ1) is 14.0. The van der Waals surface area contributed by atoms with Gasteiger partial charge in [-0.05, 0) is 65.8 Å². The zero-order valence-corrected chi connectivity index (χ0v) is 17.9. The molecule has 2 unspecified atom stereocenters. The molecule has 1 N–H and O–H groups in total. The summed E-state index contributed by atoms with van der Waals surface area (Å²) < 4.78 is 14.4. The first kappa shape index (κ1) is 20.7. The Kier molecular flexibility index (Phi) is 6.15. The van der Waals surface area contributed by atoms with Gasteiger partial charge >= 0.3 is 0 Å². The van der Waals surface area contributed by atoms with Crippen molar-refractivity contribution in [3.8, 4) is 0 Å². The molecule has 0 amide bonds. The van der Waals surface area contributed by atoms with Gasteiger partial charge < -0.3 is 5.11 Å². The minimum atomic E-state index is -0.545. The lowest BCUT2D eigenvalue weighted by Gasteiger charge is -2.24. The van der Waals surface area contributed by atoms with E-state index in [0.29, 0.717) is 18.4 Å². The van der Waals surface area contributed by atoms with Crippen LogP contribution in [0.3, 0.4) is 0 Å². The Morgan fingerprint density at radius 1 is 1.03 bits per heavy atom. The zero-order chi connectivity index (χ0) is 20.5. The third kappa shape index (κ3) is 4.03. The summed E-state index contributed by atoms with van der Waals surface area (Å²) in [5, 5.41) is 13.5. The quantitative estimate of drug-likeness (QED) is 0.436. The Morgan fingerprint density at radius 3 is 2.48 bits per heavy atom. The molecule has 152 valence electrons. The van der Waals surface area contributed by atoms with E-state index in [1.54, 1.807) is 6.07 Å². The van der Waals surface area contributed by atoms with Gasteiger partial charge in [-0.3, -0.25) is 0 Å². The molecule has 3 aromatic carbocycles. The fraction of sp³-hybridized carbons (Fsp3) is 0.360. The predicted octanol–water partition coefficient (Wildman–Crippen LogP) is 6.90. The van der Waals surface area contributed by atoms with E-state index < -0.39 is 6.10 Å². The minimum absolute atomic E-state index is 0.0907. The summed E-state index contributed by atoms with van der Waals surface area (Å²) in [5.41, 5.74) is 2.77. The van der Waals surface area contributed by atoms with E-state index >= 15 is 0 Å².